The van der Waals surface area contributed by atoms with Crippen LogP contribution in [0.25, 0.3) is 0 Å². The molecule has 1 amide bonds. The van der Waals surface area contributed by atoms with Gasteiger partial charge in [0.05, 0.1) is 13.2 Å². The maximum absolute atomic E-state index is 12.5. The zero-order valence-electron chi connectivity index (χ0n) is 14.8. The fourth-order valence-corrected chi connectivity index (χ4v) is 2.62. The topological polar surface area (TPSA) is 128 Å². The number of hydrogen-bond donors (Lipinski definition) is 1. The number of pyridine rings is 2. The highest BCUT2D eigenvalue weighted by Crippen LogP contribution is 2.34. The van der Waals surface area contributed by atoms with Gasteiger partial charge in [-0.1, -0.05) is 6.92 Å². The Morgan fingerprint density at radius 3 is 2.85 bits per heavy atom. The number of aromatic nitrogens is 2. The normalized spacial score (nSPS) is 15.9. The Kier molecular flexibility index (Phi) is 5.06. The second-order valence-corrected chi connectivity index (χ2v) is 5.97. The van der Waals surface area contributed by atoms with Gasteiger partial charge in [0.25, 0.3) is 11.7 Å². The minimum Gasteiger partial charge on any atom is -0.488 e. The minimum absolute atomic E-state index is 0.0169. The van der Waals surface area contributed by atoms with E-state index in [1.54, 1.807) is 6.92 Å². The third-order valence-electron chi connectivity index (χ3n) is 3.91. The summed E-state index contributed by atoms with van der Waals surface area (Å²) in [5.41, 5.74) is 0.115. The SMILES string of the molecule is CCCOc1c[nH]c(CN2C(=O)C(C)Oc3ccc([N+](=O)[O-])nc32)cc1=O. The number of ether oxygens (including phenoxy) is 2. The summed E-state index contributed by atoms with van der Waals surface area (Å²) in [5, 5.41) is 11.0. The van der Waals surface area contributed by atoms with Crippen LogP contribution in [-0.2, 0) is 11.3 Å². The third-order valence-corrected chi connectivity index (χ3v) is 3.91. The molecular weight excluding hydrogens is 356 g/mol. The molecule has 0 spiro atoms. The maximum Gasteiger partial charge on any atom is 0.366 e. The molecule has 27 heavy (non-hydrogen) atoms. The molecule has 1 aliphatic rings. The molecule has 10 heteroatoms. The zero-order chi connectivity index (χ0) is 19.6. The van der Waals surface area contributed by atoms with E-state index in [-0.39, 0.29) is 29.3 Å². The molecule has 142 valence electrons. The van der Waals surface area contributed by atoms with Gasteiger partial charge < -0.3 is 24.6 Å². The summed E-state index contributed by atoms with van der Waals surface area (Å²) in [7, 11) is 0. The molecule has 1 unspecified atom stereocenters. The van der Waals surface area contributed by atoms with Crippen LogP contribution in [0.2, 0.25) is 0 Å². The first-order chi connectivity index (χ1) is 12.9. The minimum atomic E-state index is -0.778. The van der Waals surface area contributed by atoms with Crippen molar-refractivity contribution in [3.8, 4) is 11.5 Å². The second kappa shape index (κ2) is 7.44. The van der Waals surface area contributed by atoms with E-state index < -0.39 is 22.8 Å². The molecule has 3 heterocycles. The second-order valence-electron chi connectivity index (χ2n) is 5.97. The first-order valence-corrected chi connectivity index (χ1v) is 8.38. The van der Waals surface area contributed by atoms with Crippen LogP contribution in [0.3, 0.4) is 0 Å². The molecule has 1 N–H and O–H groups in total. The van der Waals surface area contributed by atoms with E-state index in [0.29, 0.717) is 12.3 Å². The summed E-state index contributed by atoms with van der Waals surface area (Å²) in [5.74, 6) is -0.321. The van der Waals surface area contributed by atoms with Crippen molar-refractivity contribution in [2.75, 3.05) is 11.5 Å². The van der Waals surface area contributed by atoms with Crippen LogP contribution in [-0.4, -0.2) is 33.5 Å². The molecule has 0 saturated heterocycles. The Bertz CT molecular complexity index is 941. The Labute approximate surface area is 153 Å². The fraction of sp³-hybridized carbons (Fsp3) is 0.353. The van der Waals surface area contributed by atoms with E-state index in [2.05, 4.69) is 9.97 Å². The molecule has 2 aromatic rings. The average molecular weight is 374 g/mol. The van der Waals surface area contributed by atoms with Gasteiger partial charge in [-0.2, -0.15) is 0 Å². The van der Waals surface area contributed by atoms with Crippen molar-refractivity contribution < 1.29 is 19.2 Å². The first kappa shape index (κ1) is 18.4. The number of nitro groups is 1. The Morgan fingerprint density at radius 1 is 1.41 bits per heavy atom. The number of anilines is 1. The van der Waals surface area contributed by atoms with E-state index in [4.69, 9.17) is 9.47 Å². The van der Waals surface area contributed by atoms with Gasteiger partial charge in [-0.3, -0.25) is 14.5 Å². The molecule has 0 aromatic carbocycles. The molecule has 0 aliphatic carbocycles. The molecule has 2 aromatic heterocycles. The van der Waals surface area contributed by atoms with Crippen LogP contribution in [0.1, 0.15) is 26.0 Å². The average Bonchev–Trinajstić information content (AvgIpc) is 2.64. The first-order valence-electron chi connectivity index (χ1n) is 8.38. The third kappa shape index (κ3) is 3.73. The smallest absolute Gasteiger partial charge is 0.366 e. The van der Waals surface area contributed by atoms with E-state index >= 15 is 0 Å². The monoisotopic (exact) mass is 374 g/mol. The number of hydrogen-bond acceptors (Lipinski definition) is 7. The molecule has 1 atom stereocenters. The van der Waals surface area contributed by atoms with Crippen molar-refractivity contribution in [2.24, 2.45) is 0 Å². The van der Waals surface area contributed by atoms with Gasteiger partial charge >= 0.3 is 5.82 Å². The van der Waals surface area contributed by atoms with Crippen LogP contribution in [0.5, 0.6) is 11.5 Å². The van der Waals surface area contributed by atoms with Crippen molar-refractivity contribution in [1.82, 2.24) is 9.97 Å². The number of nitrogens with zero attached hydrogens (tertiary/aromatic N) is 3. The van der Waals surface area contributed by atoms with E-state index in [0.717, 1.165) is 6.42 Å². The van der Waals surface area contributed by atoms with Crippen molar-refractivity contribution >= 4 is 17.5 Å². The Balaban J connectivity index is 1.93. The van der Waals surface area contributed by atoms with E-state index in [1.807, 2.05) is 6.92 Å². The van der Waals surface area contributed by atoms with Crippen LogP contribution in [0, 0.1) is 10.1 Å². The fourth-order valence-electron chi connectivity index (χ4n) is 2.62. The van der Waals surface area contributed by atoms with Crippen molar-refractivity contribution in [3.63, 3.8) is 0 Å². The lowest BCUT2D eigenvalue weighted by Crippen LogP contribution is -2.44. The lowest BCUT2D eigenvalue weighted by atomic mass is 10.2. The van der Waals surface area contributed by atoms with Gasteiger partial charge in [-0.05, 0) is 29.3 Å². The molecule has 3 rings (SSSR count). The van der Waals surface area contributed by atoms with Crippen LogP contribution in [0.15, 0.2) is 29.2 Å². The maximum atomic E-state index is 12.5. The van der Waals surface area contributed by atoms with Gasteiger partial charge in [0, 0.05) is 24.0 Å². The van der Waals surface area contributed by atoms with Crippen molar-refractivity contribution in [1.29, 1.82) is 0 Å². The Morgan fingerprint density at radius 2 is 2.19 bits per heavy atom. The lowest BCUT2D eigenvalue weighted by molar-refractivity contribution is -0.389. The van der Waals surface area contributed by atoms with Gasteiger partial charge in [-0.15, -0.1) is 0 Å². The number of carbonyl (C=O) groups is 1. The van der Waals surface area contributed by atoms with Crippen LogP contribution >= 0.6 is 0 Å². The highest BCUT2D eigenvalue weighted by atomic mass is 16.6. The zero-order valence-corrected chi connectivity index (χ0v) is 14.8. The van der Waals surface area contributed by atoms with Crippen molar-refractivity contribution in [3.05, 3.63) is 50.4 Å². The molecule has 0 fully saturated rings. The molecule has 10 nitrogen and oxygen atoms in total. The summed E-state index contributed by atoms with van der Waals surface area (Å²) < 4.78 is 10.8. The summed E-state index contributed by atoms with van der Waals surface area (Å²) in [6, 6.07) is 3.94. The number of nitrogens with one attached hydrogen (secondary N) is 1. The number of H-pyrrole nitrogens is 1. The number of carbonyl (C=O) groups excluding carboxylic acids is 1. The number of rotatable bonds is 6. The van der Waals surface area contributed by atoms with Gasteiger partial charge in [-0.25, -0.2) is 0 Å². The van der Waals surface area contributed by atoms with Gasteiger partial charge in [0.1, 0.15) is 0 Å². The summed E-state index contributed by atoms with van der Waals surface area (Å²) in [4.78, 5) is 43.1. The number of aromatic amines is 1. The molecular formula is C17H18N4O6. The Hall–Kier alpha value is -3.43. The number of amides is 1. The standard InChI is InChI=1S/C17H18N4O6/c1-3-6-26-14-8-18-11(7-12(14)22)9-20-16-13(27-10(2)17(20)23)4-5-15(19-16)21(24)25/h4-5,7-8,10H,3,6,9H2,1-2H3,(H,18,22). The summed E-state index contributed by atoms with van der Waals surface area (Å²) in [6.07, 6.45) is 1.42. The molecule has 0 saturated carbocycles. The van der Waals surface area contributed by atoms with Crippen LogP contribution in [0.4, 0.5) is 11.6 Å². The predicted octanol–water partition coefficient (Wildman–Crippen LogP) is 1.78. The highest BCUT2D eigenvalue weighted by molar-refractivity contribution is 5.98. The van der Waals surface area contributed by atoms with E-state index in [9.17, 15) is 19.7 Å². The predicted molar refractivity (Wildman–Crippen MR) is 95.0 cm³/mol. The quantitative estimate of drug-likeness (QED) is 0.603. The highest BCUT2D eigenvalue weighted by Gasteiger charge is 2.37. The van der Waals surface area contributed by atoms with Crippen LogP contribution < -0.4 is 19.8 Å². The van der Waals surface area contributed by atoms with Gasteiger partial charge in [0.2, 0.25) is 5.43 Å². The van der Waals surface area contributed by atoms with Crippen molar-refractivity contribution in [2.45, 2.75) is 32.9 Å². The summed E-state index contributed by atoms with van der Waals surface area (Å²) in [6.45, 7) is 3.90. The summed E-state index contributed by atoms with van der Waals surface area (Å²) >= 11 is 0. The molecule has 0 radical (unpaired) electrons. The lowest BCUT2D eigenvalue weighted by Gasteiger charge is -2.29. The molecule has 1 aliphatic heterocycles. The van der Waals surface area contributed by atoms with Gasteiger partial charge in [0.15, 0.2) is 17.6 Å². The largest absolute Gasteiger partial charge is 0.488 e. The molecule has 0 bridgehead atoms. The van der Waals surface area contributed by atoms with E-state index in [1.165, 1.54) is 29.3 Å². The number of fused-ring (bicyclic) bond motifs is 1.